The number of nitro groups is 1. The zero-order valence-electron chi connectivity index (χ0n) is 7.74. The van der Waals surface area contributed by atoms with Crippen molar-refractivity contribution >= 4 is 23.0 Å². The molecule has 1 rings (SSSR count). The fourth-order valence-electron chi connectivity index (χ4n) is 1.03. The van der Waals surface area contributed by atoms with Gasteiger partial charge in [-0.15, -0.1) is 0 Å². The van der Waals surface area contributed by atoms with E-state index in [9.17, 15) is 10.1 Å². The van der Waals surface area contributed by atoms with Gasteiger partial charge in [-0.3, -0.25) is 10.1 Å². The van der Waals surface area contributed by atoms with Crippen molar-refractivity contribution in [3.05, 3.63) is 33.3 Å². The Balaban J connectivity index is 2.79. The first-order valence-electron chi connectivity index (χ1n) is 4.20. The molecule has 15 heavy (non-hydrogen) atoms. The van der Waals surface area contributed by atoms with Crippen molar-refractivity contribution in [1.29, 1.82) is 5.26 Å². The van der Waals surface area contributed by atoms with Gasteiger partial charge in [0.2, 0.25) is 0 Å². The quantitative estimate of drug-likeness (QED) is 0.485. The summed E-state index contributed by atoms with van der Waals surface area (Å²) in [5.74, 6) is 0. The van der Waals surface area contributed by atoms with E-state index in [4.69, 9.17) is 16.9 Å². The number of nitro benzene ring substituents is 1. The molecule has 0 saturated heterocycles. The van der Waals surface area contributed by atoms with Gasteiger partial charge in [0.1, 0.15) is 5.02 Å². The standard InChI is InChI=1S/C9H8ClN3O2/c10-8-3-2-7(12-5-1-4-11)6-9(8)13(14)15/h2-3,6,12H,1,5H2. The molecule has 5 nitrogen and oxygen atoms in total. The minimum absolute atomic E-state index is 0.103. The van der Waals surface area contributed by atoms with Crippen LogP contribution in [0.4, 0.5) is 11.4 Å². The Bertz CT molecular complexity index is 414. The van der Waals surface area contributed by atoms with Crippen LogP contribution in [0.3, 0.4) is 0 Å². The van der Waals surface area contributed by atoms with Crippen LogP contribution in [-0.2, 0) is 0 Å². The van der Waals surface area contributed by atoms with Crippen LogP contribution >= 0.6 is 11.6 Å². The van der Waals surface area contributed by atoms with E-state index in [1.165, 1.54) is 12.1 Å². The lowest BCUT2D eigenvalue weighted by molar-refractivity contribution is -0.384. The summed E-state index contributed by atoms with van der Waals surface area (Å²) in [6.45, 7) is 0.454. The Labute approximate surface area is 91.4 Å². The molecular weight excluding hydrogens is 218 g/mol. The summed E-state index contributed by atoms with van der Waals surface area (Å²) < 4.78 is 0. The lowest BCUT2D eigenvalue weighted by Gasteiger charge is -2.03. The monoisotopic (exact) mass is 225 g/mol. The van der Waals surface area contributed by atoms with Gasteiger partial charge in [0.05, 0.1) is 17.4 Å². The molecule has 0 aromatic heterocycles. The van der Waals surface area contributed by atoms with Gasteiger partial charge in [0.25, 0.3) is 5.69 Å². The van der Waals surface area contributed by atoms with E-state index in [1.807, 2.05) is 6.07 Å². The third-order valence-corrected chi connectivity index (χ3v) is 2.03. The summed E-state index contributed by atoms with van der Waals surface area (Å²) in [6.07, 6.45) is 0.344. The van der Waals surface area contributed by atoms with Crippen LogP contribution in [0.15, 0.2) is 18.2 Å². The molecule has 6 heteroatoms. The minimum Gasteiger partial charge on any atom is -0.384 e. The van der Waals surface area contributed by atoms with Crippen molar-refractivity contribution in [1.82, 2.24) is 0 Å². The Morgan fingerprint density at radius 3 is 2.93 bits per heavy atom. The van der Waals surface area contributed by atoms with Crippen molar-refractivity contribution in [3.8, 4) is 6.07 Å². The average Bonchev–Trinajstić information content (AvgIpc) is 2.20. The third-order valence-electron chi connectivity index (χ3n) is 1.71. The molecule has 0 radical (unpaired) electrons. The van der Waals surface area contributed by atoms with Crippen molar-refractivity contribution in [2.45, 2.75) is 6.42 Å². The fourth-order valence-corrected chi connectivity index (χ4v) is 1.21. The zero-order valence-corrected chi connectivity index (χ0v) is 8.49. The van der Waals surface area contributed by atoms with Gasteiger partial charge < -0.3 is 5.32 Å². The molecule has 0 atom stereocenters. The molecule has 0 fully saturated rings. The highest BCUT2D eigenvalue weighted by atomic mass is 35.5. The van der Waals surface area contributed by atoms with E-state index in [0.717, 1.165) is 0 Å². The molecule has 0 aliphatic rings. The van der Waals surface area contributed by atoms with Crippen LogP contribution in [-0.4, -0.2) is 11.5 Å². The number of hydrogen-bond donors (Lipinski definition) is 1. The molecule has 0 heterocycles. The summed E-state index contributed by atoms with van der Waals surface area (Å²) in [7, 11) is 0. The lowest BCUT2D eigenvalue weighted by Crippen LogP contribution is -2.00. The number of rotatable bonds is 4. The number of hydrogen-bond acceptors (Lipinski definition) is 4. The summed E-state index contributed by atoms with van der Waals surface area (Å²) in [4.78, 5) is 10.0. The molecule has 0 saturated carbocycles. The normalized spacial score (nSPS) is 9.33. The predicted molar refractivity (Wildman–Crippen MR) is 56.8 cm³/mol. The van der Waals surface area contributed by atoms with E-state index >= 15 is 0 Å². The smallest absolute Gasteiger partial charge is 0.289 e. The van der Waals surface area contributed by atoms with Gasteiger partial charge in [0.15, 0.2) is 0 Å². The second-order valence-electron chi connectivity index (χ2n) is 2.76. The maximum absolute atomic E-state index is 10.5. The topological polar surface area (TPSA) is 79.0 Å². The Morgan fingerprint density at radius 2 is 2.33 bits per heavy atom. The van der Waals surface area contributed by atoms with Crippen LogP contribution in [0.1, 0.15) is 6.42 Å². The van der Waals surface area contributed by atoms with Gasteiger partial charge >= 0.3 is 0 Å². The van der Waals surface area contributed by atoms with E-state index in [0.29, 0.717) is 18.7 Å². The highest BCUT2D eigenvalue weighted by Crippen LogP contribution is 2.27. The van der Waals surface area contributed by atoms with Gasteiger partial charge in [-0.25, -0.2) is 0 Å². The predicted octanol–water partition coefficient (Wildman–Crippen LogP) is 2.57. The van der Waals surface area contributed by atoms with E-state index in [1.54, 1.807) is 6.07 Å². The molecule has 0 unspecified atom stereocenters. The molecule has 1 aromatic carbocycles. The summed E-state index contributed by atoms with van der Waals surface area (Å²) in [6, 6.07) is 6.40. The Kier molecular flexibility index (Phi) is 3.89. The van der Waals surface area contributed by atoms with Gasteiger partial charge in [0, 0.05) is 18.3 Å². The second-order valence-corrected chi connectivity index (χ2v) is 3.17. The maximum Gasteiger partial charge on any atom is 0.289 e. The first-order chi connectivity index (χ1) is 7.15. The van der Waals surface area contributed by atoms with E-state index in [2.05, 4.69) is 5.32 Å². The average molecular weight is 226 g/mol. The fraction of sp³-hybridized carbons (Fsp3) is 0.222. The van der Waals surface area contributed by atoms with Crippen molar-refractivity contribution in [2.24, 2.45) is 0 Å². The number of anilines is 1. The zero-order chi connectivity index (χ0) is 11.3. The molecule has 78 valence electrons. The highest BCUT2D eigenvalue weighted by molar-refractivity contribution is 6.32. The number of halogens is 1. The van der Waals surface area contributed by atoms with E-state index < -0.39 is 4.92 Å². The molecule has 0 spiro atoms. The van der Waals surface area contributed by atoms with Crippen LogP contribution in [0.5, 0.6) is 0 Å². The van der Waals surface area contributed by atoms with Crippen molar-refractivity contribution < 1.29 is 4.92 Å². The second kappa shape index (κ2) is 5.17. The molecule has 0 amide bonds. The highest BCUT2D eigenvalue weighted by Gasteiger charge is 2.12. The first kappa shape index (κ1) is 11.3. The Morgan fingerprint density at radius 1 is 1.60 bits per heavy atom. The largest absolute Gasteiger partial charge is 0.384 e. The molecule has 0 bridgehead atoms. The lowest BCUT2D eigenvalue weighted by atomic mass is 10.2. The number of benzene rings is 1. The molecular formula is C9H8ClN3O2. The summed E-state index contributed by atoms with van der Waals surface area (Å²) in [5, 5.41) is 21.8. The van der Waals surface area contributed by atoms with Crippen LogP contribution < -0.4 is 5.32 Å². The number of nitrogens with one attached hydrogen (secondary N) is 1. The summed E-state index contributed by atoms with van der Waals surface area (Å²) in [5.41, 5.74) is 0.444. The maximum atomic E-state index is 10.5. The van der Waals surface area contributed by atoms with Gasteiger partial charge in [-0.1, -0.05) is 11.6 Å². The number of nitrogens with zero attached hydrogens (tertiary/aromatic N) is 2. The van der Waals surface area contributed by atoms with Crippen molar-refractivity contribution in [2.75, 3.05) is 11.9 Å². The van der Waals surface area contributed by atoms with Crippen LogP contribution in [0.2, 0.25) is 5.02 Å². The van der Waals surface area contributed by atoms with Gasteiger partial charge in [-0.2, -0.15) is 5.26 Å². The molecule has 1 aromatic rings. The first-order valence-corrected chi connectivity index (χ1v) is 4.57. The van der Waals surface area contributed by atoms with E-state index in [-0.39, 0.29) is 10.7 Å². The third kappa shape index (κ3) is 3.11. The molecule has 0 aliphatic heterocycles. The van der Waals surface area contributed by atoms with Crippen LogP contribution in [0, 0.1) is 21.4 Å². The minimum atomic E-state index is -0.544. The molecule has 0 aliphatic carbocycles. The SMILES string of the molecule is N#CCCNc1ccc(Cl)c([N+](=O)[O-])c1. The van der Waals surface area contributed by atoms with Gasteiger partial charge in [-0.05, 0) is 12.1 Å². The Hall–Kier alpha value is -1.80. The number of nitriles is 1. The molecule has 1 N–H and O–H groups in total. The van der Waals surface area contributed by atoms with Crippen molar-refractivity contribution in [3.63, 3.8) is 0 Å². The summed E-state index contributed by atoms with van der Waals surface area (Å²) >= 11 is 5.63. The van der Waals surface area contributed by atoms with Crippen LogP contribution in [0.25, 0.3) is 0 Å².